The normalized spacial score (nSPS) is 13.6. The lowest BCUT2D eigenvalue weighted by atomic mass is 10.1. The maximum atomic E-state index is 12.8. The molecule has 1 saturated heterocycles. The predicted molar refractivity (Wildman–Crippen MR) is 154 cm³/mol. The van der Waals surface area contributed by atoms with E-state index >= 15 is 0 Å². The van der Waals surface area contributed by atoms with Crippen LogP contribution in [0.1, 0.15) is 25.6 Å². The fourth-order valence-corrected chi connectivity index (χ4v) is 5.22. The van der Waals surface area contributed by atoms with Crippen molar-refractivity contribution in [1.29, 1.82) is 0 Å². The summed E-state index contributed by atoms with van der Waals surface area (Å²) in [6, 6.07) is 20.8. The highest BCUT2D eigenvalue weighted by Crippen LogP contribution is 2.28. The van der Waals surface area contributed by atoms with E-state index in [4.69, 9.17) is 4.74 Å². The van der Waals surface area contributed by atoms with Crippen molar-refractivity contribution in [3.63, 3.8) is 0 Å². The van der Waals surface area contributed by atoms with Crippen LogP contribution >= 0.6 is 11.3 Å². The molecular formula is C29H30N6O3S. The van der Waals surface area contributed by atoms with E-state index in [0.717, 1.165) is 48.0 Å². The van der Waals surface area contributed by atoms with E-state index in [1.807, 2.05) is 30.3 Å². The van der Waals surface area contributed by atoms with Crippen LogP contribution in [0.3, 0.4) is 0 Å². The number of aromatic nitrogens is 2. The van der Waals surface area contributed by atoms with Gasteiger partial charge >= 0.3 is 5.97 Å². The third-order valence-electron chi connectivity index (χ3n) is 6.51. The zero-order chi connectivity index (χ0) is 27.2. The Morgan fingerprint density at radius 3 is 2.64 bits per heavy atom. The molecule has 1 aliphatic rings. The summed E-state index contributed by atoms with van der Waals surface area (Å²) < 4.78 is 4.76. The number of hydrogen-bond acceptors (Lipinski definition) is 9. The second-order valence-electron chi connectivity index (χ2n) is 9.27. The average Bonchev–Trinajstić information content (AvgIpc) is 3.47. The Morgan fingerprint density at radius 1 is 1.00 bits per heavy atom. The fourth-order valence-electron chi connectivity index (χ4n) is 4.32. The molecule has 0 spiro atoms. The third-order valence-corrected chi connectivity index (χ3v) is 7.62. The van der Waals surface area contributed by atoms with Gasteiger partial charge < -0.3 is 25.2 Å². The van der Waals surface area contributed by atoms with Crippen LogP contribution in [0.4, 0.5) is 17.3 Å². The first-order valence-corrected chi connectivity index (χ1v) is 13.5. The minimum atomic E-state index is -0.410. The van der Waals surface area contributed by atoms with Gasteiger partial charge in [-0.2, -0.15) is 0 Å². The Morgan fingerprint density at radius 2 is 1.82 bits per heavy atom. The molecule has 5 rings (SSSR count). The van der Waals surface area contributed by atoms with E-state index in [1.54, 1.807) is 30.5 Å². The van der Waals surface area contributed by atoms with Crippen LogP contribution in [-0.2, 0) is 11.3 Å². The molecule has 200 valence electrons. The Kier molecular flexibility index (Phi) is 8.14. The maximum absolute atomic E-state index is 12.8. The van der Waals surface area contributed by atoms with Gasteiger partial charge in [-0.3, -0.25) is 4.79 Å². The number of likely N-dealkylation sites (N-methyl/N-ethyl adjacent to an activating group) is 1. The number of carbonyl (C=O) groups is 2. The van der Waals surface area contributed by atoms with E-state index in [-0.39, 0.29) is 5.91 Å². The molecule has 2 N–H and O–H groups in total. The second-order valence-corrected chi connectivity index (χ2v) is 10.4. The molecule has 10 heteroatoms. The smallest absolute Gasteiger partial charge is 0.337 e. The largest absolute Gasteiger partial charge is 0.465 e. The van der Waals surface area contributed by atoms with E-state index in [1.165, 1.54) is 24.1 Å². The first-order valence-electron chi connectivity index (χ1n) is 12.7. The number of piperazine rings is 1. The molecule has 1 fully saturated rings. The molecule has 1 aliphatic heterocycles. The van der Waals surface area contributed by atoms with Crippen LogP contribution in [0.2, 0.25) is 0 Å². The highest BCUT2D eigenvalue weighted by Gasteiger charge is 2.15. The van der Waals surface area contributed by atoms with Gasteiger partial charge in [-0.15, -0.1) is 11.3 Å². The Balaban J connectivity index is 1.22. The first kappa shape index (κ1) is 26.3. The summed E-state index contributed by atoms with van der Waals surface area (Å²) in [5, 5.41) is 6.23. The zero-order valence-corrected chi connectivity index (χ0v) is 22.7. The second kappa shape index (κ2) is 12.1. The van der Waals surface area contributed by atoms with E-state index in [0.29, 0.717) is 22.9 Å². The molecule has 0 aliphatic carbocycles. The molecule has 0 unspecified atom stereocenters. The van der Waals surface area contributed by atoms with Gasteiger partial charge in [0.1, 0.15) is 0 Å². The quantitative estimate of drug-likeness (QED) is 0.316. The SMILES string of the molecule is COC(=O)c1cccc(CNC(=O)c2ccc(-c3ccnc(Nc4cccc(N5CCN(C)CC5)c4)n3)s2)c1. The molecule has 0 bridgehead atoms. The number of amides is 1. The number of nitrogens with one attached hydrogen (secondary N) is 2. The standard InChI is InChI=1S/C29H30N6O3S/c1-34-13-15-35(16-14-34)23-8-4-7-22(18-23)32-29-30-12-11-24(33-29)25-9-10-26(39-25)27(36)31-19-20-5-3-6-21(17-20)28(37)38-2/h3-12,17-18H,13-16,19H2,1-2H3,(H,31,36)(H,30,32,33). The summed E-state index contributed by atoms with van der Waals surface area (Å²) in [6.07, 6.45) is 1.71. The van der Waals surface area contributed by atoms with Gasteiger partial charge in [-0.25, -0.2) is 14.8 Å². The molecule has 39 heavy (non-hydrogen) atoms. The van der Waals surface area contributed by atoms with E-state index in [9.17, 15) is 9.59 Å². The van der Waals surface area contributed by atoms with E-state index < -0.39 is 5.97 Å². The zero-order valence-electron chi connectivity index (χ0n) is 21.9. The molecular weight excluding hydrogens is 512 g/mol. The summed E-state index contributed by atoms with van der Waals surface area (Å²) in [4.78, 5) is 39.8. The number of hydrogen-bond donors (Lipinski definition) is 2. The number of esters is 1. The molecule has 2 aromatic heterocycles. The molecule has 1 amide bonds. The highest BCUT2D eigenvalue weighted by molar-refractivity contribution is 7.17. The van der Waals surface area contributed by atoms with Crippen LogP contribution < -0.4 is 15.5 Å². The van der Waals surface area contributed by atoms with Crippen molar-refractivity contribution < 1.29 is 14.3 Å². The number of nitrogens with zero attached hydrogens (tertiary/aromatic N) is 4. The van der Waals surface area contributed by atoms with Crippen molar-refractivity contribution in [3.05, 3.63) is 88.9 Å². The third kappa shape index (κ3) is 6.60. The molecule has 4 aromatic rings. The summed E-state index contributed by atoms with van der Waals surface area (Å²) in [6.45, 7) is 4.39. The summed E-state index contributed by atoms with van der Waals surface area (Å²) in [7, 11) is 3.49. The lowest BCUT2D eigenvalue weighted by Crippen LogP contribution is -2.44. The monoisotopic (exact) mass is 542 g/mol. The van der Waals surface area contributed by atoms with Gasteiger partial charge in [0.05, 0.1) is 28.1 Å². The van der Waals surface area contributed by atoms with Gasteiger partial charge in [-0.05, 0) is 61.1 Å². The number of ether oxygens (including phenoxy) is 1. The lowest BCUT2D eigenvalue weighted by Gasteiger charge is -2.34. The number of benzene rings is 2. The van der Waals surface area contributed by atoms with Crippen molar-refractivity contribution in [3.8, 4) is 10.6 Å². The van der Waals surface area contributed by atoms with Gasteiger partial charge in [-0.1, -0.05) is 18.2 Å². The van der Waals surface area contributed by atoms with Crippen LogP contribution in [-0.4, -0.2) is 67.1 Å². The van der Waals surface area contributed by atoms with Crippen molar-refractivity contribution in [2.75, 3.05) is 50.6 Å². The molecule has 2 aromatic carbocycles. The molecule has 9 nitrogen and oxygen atoms in total. The number of methoxy groups -OCH3 is 1. The Bertz CT molecular complexity index is 1460. The maximum Gasteiger partial charge on any atom is 0.337 e. The van der Waals surface area contributed by atoms with Crippen molar-refractivity contribution in [1.82, 2.24) is 20.2 Å². The van der Waals surface area contributed by atoms with Gasteiger partial charge in [0.15, 0.2) is 0 Å². The highest BCUT2D eigenvalue weighted by atomic mass is 32.1. The lowest BCUT2D eigenvalue weighted by molar-refractivity contribution is 0.0600. The topological polar surface area (TPSA) is 99.7 Å². The van der Waals surface area contributed by atoms with Gasteiger partial charge in [0.2, 0.25) is 5.95 Å². The average molecular weight is 543 g/mol. The molecule has 0 radical (unpaired) electrons. The van der Waals surface area contributed by atoms with E-state index in [2.05, 4.69) is 49.6 Å². The summed E-state index contributed by atoms with van der Waals surface area (Å²) in [5.41, 5.74) is 4.09. The molecule has 0 atom stereocenters. The van der Waals surface area contributed by atoms with Crippen molar-refractivity contribution in [2.45, 2.75) is 6.54 Å². The van der Waals surface area contributed by atoms with Crippen LogP contribution in [0.25, 0.3) is 10.6 Å². The first-order chi connectivity index (χ1) is 19.0. The summed E-state index contributed by atoms with van der Waals surface area (Å²) >= 11 is 1.36. The number of carbonyl (C=O) groups excluding carboxylic acids is 2. The number of anilines is 3. The number of thiophene rings is 1. The molecule has 3 heterocycles. The van der Waals surface area contributed by atoms with Crippen molar-refractivity contribution in [2.24, 2.45) is 0 Å². The Labute approximate surface area is 231 Å². The summed E-state index contributed by atoms with van der Waals surface area (Å²) in [5.74, 6) is -0.108. The van der Waals surface area contributed by atoms with Crippen LogP contribution in [0.15, 0.2) is 72.9 Å². The number of rotatable bonds is 8. The van der Waals surface area contributed by atoms with Gasteiger partial charge in [0.25, 0.3) is 5.91 Å². The predicted octanol–water partition coefficient (Wildman–Crippen LogP) is 4.42. The minimum Gasteiger partial charge on any atom is -0.465 e. The Hall–Kier alpha value is -4.28. The van der Waals surface area contributed by atoms with Gasteiger partial charge in [0, 0.05) is 50.3 Å². The van der Waals surface area contributed by atoms with Crippen LogP contribution in [0.5, 0.6) is 0 Å². The van der Waals surface area contributed by atoms with Crippen molar-refractivity contribution >= 4 is 40.5 Å². The fraction of sp³-hybridized carbons (Fsp3) is 0.241. The van der Waals surface area contributed by atoms with Crippen LogP contribution in [0, 0.1) is 0 Å². The molecule has 0 saturated carbocycles. The minimum absolute atomic E-state index is 0.192.